The Hall–Kier alpha value is -3.81. The van der Waals surface area contributed by atoms with Crippen LogP contribution in [0.5, 0.6) is 0 Å². The van der Waals surface area contributed by atoms with Crippen LogP contribution in [0.25, 0.3) is 16.7 Å². The van der Waals surface area contributed by atoms with Crippen LogP contribution in [0.4, 0.5) is 10.6 Å². The fraction of sp³-hybridized carbons (Fsp3) is 0.150. The first-order valence-electron chi connectivity index (χ1n) is 8.85. The van der Waals surface area contributed by atoms with Crippen molar-refractivity contribution in [2.45, 2.75) is 19.9 Å². The minimum atomic E-state index is -0.319. The Balaban J connectivity index is 1.49. The fourth-order valence-corrected chi connectivity index (χ4v) is 2.85. The highest BCUT2D eigenvalue weighted by molar-refractivity contribution is 5.91. The summed E-state index contributed by atoms with van der Waals surface area (Å²) in [5.74, 6) is 1.05. The SMILES string of the molecule is Cc1cnc(-n2ncc3cc(NC(=O)N[C@H](C)c4ccccc4)ncc32)cn1. The number of rotatable bonds is 4. The molecule has 0 saturated heterocycles. The van der Waals surface area contributed by atoms with E-state index in [1.165, 1.54) is 0 Å². The van der Waals surface area contributed by atoms with Crippen molar-refractivity contribution >= 4 is 22.8 Å². The summed E-state index contributed by atoms with van der Waals surface area (Å²) in [6.07, 6.45) is 6.70. The Kier molecular flexibility index (Phi) is 4.67. The van der Waals surface area contributed by atoms with E-state index in [1.807, 2.05) is 44.2 Å². The number of carbonyl (C=O) groups is 1. The van der Waals surface area contributed by atoms with Crippen molar-refractivity contribution in [1.82, 2.24) is 30.0 Å². The fourth-order valence-electron chi connectivity index (χ4n) is 2.85. The van der Waals surface area contributed by atoms with Crippen molar-refractivity contribution in [1.29, 1.82) is 0 Å². The largest absolute Gasteiger partial charge is 0.331 e. The first kappa shape index (κ1) is 17.6. The standard InChI is InChI=1S/C20H19N7O/c1-13-9-23-19(12-21-13)27-17-11-22-18(8-16(17)10-24-27)26-20(28)25-14(2)15-6-4-3-5-7-15/h3-12,14H,1-2H3,(H2,22,25,26,28)/t14-/m1/s1. The zero-order valence-corrected chi connectivity index (χ0v) is 15.5. The molecule has 3 heterocycles. The molecule has 0 unspecified atom stereocenters. The average molecular weight is 373 g/mol. The molecule has 28 heavy (non-hydrogen) atoms. The molecule has 2 N–H and O–H groups in total. The van der Waals surface area contributed by atoms with E-state index in [2.05, 4.69) is 30.7 Å². The third kappa shape index (κ3) is 3.66. The van der Waals surface area contributed by atoms with Gasteiger partial charge in [0.05, 0.1) is 42.0 Å². The summed E-state index contributed by atoms with van der Waals surface area (Å²) in [6, 6.07) is 11.1. The van der Waals surface area contributed by atoms with Gasteiger partial charge in [-0.15, -0.1) is 0 Å². The molecule has 0 aliphatic heterocycles. The second-order valence-corrected chi connectivity index (χ2v) is 6.43. The van der Waals surface area contributed by atoms with Crippen molar-refractivity contribution in [3.05, 3.63) is 72.4 Å². The highest BCUT2D eigenvalue weighted by Gasteiger charge is 2.12. The van der Waals surface area contributed by atoms with Gasteiger partial charge in [0.15, 0.2) is 5.82 Å². The van der Waals surface area contributed by atoms with Crippen LogP contribution in [-0.4, -0.2) is 30.8 Å². The van der Waals surface area contributed by atoms with E-state index in [0.29, 0.717) is 11.6 Å². The maximum absolute atomic E-state index is 12.3. The smallest absolute Gasteiger partial charge is 0.320 e. The number of hydrogen-bond acceptors (Lipinski definition) is 5. The molecule has 8 nitrogen and oxygen atoms in total. The van der Waals surface area contributed by atoms with Gasteiger partial charge in [0.2, 0.25) is 0 Å². The number of urea groups is 1. The Labute approximate surface area is 161 Å². The normalized spacial score (nSPS) is 11.9. The lowest BCUT2D eigenvalue weighted by molar-refractivity contribution is 0.249. The summed E-state index contributed by atoms with van der Waals surface area (Å²) in [7, 11) is 0. The summed E-state index contributed by atoms with van der Waals surface area (Å²) >= 11 is 0. The maximum atomic E-state index is 12.3. The van der Waals surface area contributed by atoms with Gasteiger partial charge in [0.1, 0.15) is 5.82 Å². The van der Waals surface area contributed by atoms with Gasteiger partial charge in [-0.1, -0.05) is 30.3 Å². The predicted octanol–water partition coefficient (Wildman–Crippen LogP) is 3.40. The van der Waals surface area contributed by atoms with Crippen LogP contribution in [0.2, 0.25) is 0 Å². The molecule has 2 amide bonds. The molecule has 0 aliphatic carbocycles. The van der Waals surface area contributed by atoms with Gasteiger partial charge >= 0.3 is 6.03 Å². The van der Waals surface area contributed by atoms with Crippen molar-refractivity contribution in [2.75, 3.05) is 5.32 Å². The van der Waals surface area contributed by atoms with Gasteiger partial charge in [0, 0.05) is 5.39 Å². The van der Waals surface area contributed by atoms with Gasteiger partial charge in [-0.25, -0.2) is 19.4 Å². The lowest BCUT2D eigenvalue weighted by Gasteiger charge is -2.14. The van der Waals surface area contributed by atoms with Crippen molar-refractivity contribution in [3.8, 4) is 5.82 Å². The Morgan fingerprint density at radius 2 is 1.86 bits per heavy atom. The van der Waals surface area contributed by atoms with Crippen molar-refractivity contribution in [3.63, 3.8) is 0 Å². The second-order valence-electron chi connectivity index (χ2n) is 6.43. The number of hydrogen-bond donors (Lipinski definition) is 2. The van der Waals surface area contributed by atoms with Crippen LogP contribution in [-0.2, 0) is 0 Å². The Morgan fingerprint density at radius 1 is 1.04 bits per heavy atom. The summed E-state index contributed by atoms with van der Waals surface area (Å²) in [5.41, 5.74) is 2.64. The number of nitrogens with one attached hydrogen (secondary N) is 2. The average Bonchev–Trinajstić information content (AvgIpc) is 3.12. The molecule has 1 aromatic carbocycles. The minimum absolute atomic E-state index is 0.118. The lowest BCUT2D eigenvalue weighted by atomic mass is 10.1. The summed E-state index contributed by atoms with van der Waals surface area (Å²) in [5, 5.41) is 10.9. The van der Waals surface area contributed by atoms with Gasteiger partial charge < -0.3 is 5.32 Å². The van der Waals surface area contributed by atoms with Crippen LogP contribution < -0.4 is 10.6 Å². The third-order valence-electron chi connectivity index (χ3n) is 4.33. The summed E-state index contributed by atoms with van der Waals surface area (Å²) in [6.45, 7) is 3.80. The Morgan fingerprint density at radius 3 is 2.61 bits per heavy atom. The molecule has 4 rings (SSSR count). The maximum Gasteiger partial charge on any atom is 0.320 e. The van der Waals surface area contributed by atoms with Crippen LogP contribution in [0.3, 0.4) is 0 Å². The van der Waals surface area contributed by atoms with E-state index >= 15 is 0 Å². The number of benzene rings is 1. The zero-order valence-electron chi connectivity index (χ0n) is 15.5. The van der Waals surface area contributed by atoms with Crippen LogP contribution >= 0.6 is 0 Å². The van der Waals surface area contributed by atoms with Gasteiger partial charge in [-0.3, -0.25) is 10.3 Å². The van der Waals surface area contributed by atoms with Gasteiger partial charge in [-0.2, -0.15) is 5.10 Å². The number of aromatic nitrogens is 5. The van der Waals surface area contributed by atoms with Crippen LogP contribution in [0, 0.1) is 6.92 Å². The number of amides is 2. The third-order valence-corrected chi connectivity index (χ3v) is 4.33. The molecule has 8 heteroatoms. The molecule has 0 fully saturated rings. The molecule has 0 saturated carbocycles. The first-order chi connectivity index (χ1) is 13.6. The molecule has 0 bridgehead atoms. The lowest BCUT2D eigenvalue weighted by Crippen LogP contribution is -2.31. The molecule has 0 spiro atoms. The molecule has 1 atom stereocenters. The quantitative estimate of drug-likeness (QED) is 0.571. The first-order valence-corrected chi connectivity index (χ1v) is 8.85. The molecule has 4 aromatic rings. The second kappa shape index (κ2) is 7.43. The van der Waals surface area contributed by atoms with E-state index in [9.17, 15) is 4.79 Å². The minimum Gasteiger partial charge on any atom is -0.331 e. The molecule has 0 aliphatic rings. The number of carbonyl (C=O) groups excluding carboxylic acids is 1. The van der Waals surface area contributed by atoms with Gasteiger partial charge in [-0.05, 0) is 25.5 Å². The van der Waals surface area contributed by atoms with E-state index in [0.717, 1.165) is 22.2 Å². The van der Waals surface area contributed by atoms with E-state index < -0.39 is 0 Å². The monoisotopic (exact) mass is 373 g/mol. The number of fused-ring (bicyclic) bond motifs is 1. The predicted molar refractivity (Wildman–Crippen MR) is 106 cm³/mol. The Bertz CT molecular complexity index is 1110. The molecule has 0 radical (unpaired) electrons. The molecular formula is C20H19N7O. The van der Waals surface area contributed by atoms with Crippen LogP contribution in [0.15, 0.2) is 61.2 Å². The topological polar surface area (TPSA) is 97.6 Å². The molecule has 3 aromatic heterocycles. The highest BCUT2D eigenvalue weighted by Crippen LogP contribution is 2.19. The molecule has 140 valence electrons. The summed E-state index contributed by atoms with van der Waals surface area (Å²) < 4.78 is 1.66. The summed E-state index contributed by atoms with van der Waals surface area (Å²) in [4.78, 5) is 25.2. The number of pyridine rings is 1. The number of nitrogens with zero attached hydrogens (tertiary/aromatic N) is 5. The van der Waals surface area contributed by atoms with Crippen LogP contribution in [0.1, 0.15) is 24.2 Å². The number of anilines is 1. The van der Waals surface area contributed by atoms with E-state index in [1.54, 1.807) is 35.5 Å². The highest BCUT2D eigenvalue weighted by atomic mass is 16.2. The van der Waals surface area contributed by atoms with Crippen molar-refractivity contribution < 1.29 is 4.79 Å². The molecular weight excluding hydrogens is 354 g/mol. The van der Waals surface area contributed by atoms with Gasteiger partial charge in [0.25, 0.3) is 0 Å². The number of aryl methyl sites for hydroxylation is 1. The van der Waals surface area contributed by atoms with Crippen molar-refractivity contribution in [2.24, 2.45) is 0 Å². The van der Waals surface area contributed by atoms with E-state index in [4.69, 9.17) is 0 Å². The van der Waals surface area contributed by atoms with E-state index in [-0.39, 0.29) is 12.1 Å². The zero-order chi connectivity index (χ0) is 19.5.